The maximum atomic E-state index is 6.04. The lowest BCUT2D eigenvalue weighted by Crippen LogP contribution is -2.52. The normalized spacial score (nSPS) is 13.8. The van der Waals surface area contributed by atoms with Gasteiger partial charge in [-0.1, -0.05) is 27.7 Å². The van der Waals surface area contributed by atoms with Gasteiger partial charge in [-0.25, -0.2) is 0 Å². The summed E-state index contributed by atoms with van der Waals surface area (Å²) in [6.45, 7) is 11.1. The van der Waals surface area contributed by atoms with Crippen LogP contribution < -0.4 is 5.73 Å². The first kappa shape index (κ1) is 18.1. The minimum atomic E-state index is -2.61. The van der Waals surface area contributed by atoms with E-state index in [4.69, 9.17) is 19.0 Å². The van der Waals surface area contributed by atoms with Gasteiger partial charge in [0.15, 0.2) is 0 Å². The number of nitrogens with two attached hydrogens (primary N) is 1. The van der Waals surface area contributed by atoms with Gasteiger partial charge in [0.1, 0.15) is 0 Å². The van der Waals surface area contributed by atoms with Gasteiger partial charge < -0.3 is 19.0 Å². The van der Waals surface area contributed by atoms with Gasteiger partial charge in [-0.3, -0.25) is 0 Å². The van der Waals surface area contributed by atoms with Crippen LogP contribution in [0.4, 0.5) is 0 Å². The maximum absolute atomic E-state index is 6.04. The zero-order chi connectivity index (χ0) is 13.9. The third-order valence-corrected chi connectivity index (χ3v) is 6.26. The standard InChI is InChI=1S/C13H31NO3Si/c1-5-9-15-18(16-10-6-2,17-11-7-3)13(8-4)12-14/h13H,5-12,14H2,1-4H3. The van der Waals surface area contributed by atoms with Crippen molar-refractivity contribution < 1.29 is 13.3 Å². The number of hydrogen-bond donors (Lipinski definition) is 1. The summed E-state index contributed by atoms with van der Waals surface area (Å²) < 4.78 is 18.1. The van der Waals surface area contributed by atoms with E-state index in [1.54, 1.807) is 0 Å². The second-order valence-electron chi connectivity index (χ2n) is 4.49. The Labute approximate surface area is 114 Å². The average molecular weight is 277 g/mol. The second kappa shape index (κ2) is 10.9. The molecular formula is C13H31NO3Si. The van der Waals surface area contributed by atoms with Crippen molar-refractivity contribution in [2.75, 3.05) is 26.4 Å². The van der Waals surface area contributed by atoms with Gasteiger partial charge >= 0.3 is 8.80 Å². The van der Waals surface area contributed by atoms with Gasteiger partial charge in [0.05, 0.1) is 0 Å². The molecule has 0 aromatic heterocycles. The summed E-state index contributed by atoms with van der Waals surface area (Å²) in [7, 11) is -2.61. The van der Waals surface area contributed by atoms with E-state index in [2.05, 4.69) is 27.7 Å². The van der Waals surface area contributed by atoms with E-state index in [0.29, 0.717) is 26.4 Å². The van der Waals surface area contributed by atoms with Crippen LogP contribution in [-0.2, 0) is 13.3 Å². The largest absolute Gasteiger partial charge is 0.505 e. The van der Waals surface area contributed by atoms with Gasteiger partial charge in [-0.05, 0) is 32.2 Å². The van der Waals surface area contributed by atoms with Crippen molar-refractivity contribution in [2.45, 2.75) is 58.9 Å². The van der Waals surface area contributed by atoms with Crippen LogP contribution in [0.1, 0.15) is 53.4 Å². The van der Waals surface area contributed by atoms with E-state index in [0.717, 1.165) is 25.7 Å². The first-order chi connectivity index (χ1) is 8.70. The fraction of sp³-hybridized carbons (Fsp3) is 1.00. The fourth-order valence-corrected chi connectivity index (χ4v) is 4.98. The maximum Gasteiger partial charge on any atom is 0.505 e. The van der Waals surface area contributed by atoms with Crippen LogP contribution in [0.15, 0.2) is 0 Å². The molecule has 0 spiro atoms. The number of hydrogen-bond acceptors (Lipinski definition) is 4. The van der Waals surface area contributed by atoms with Gasteiger partial charge in [-0.15, -0.1) is 0 Å². The van der Waals surface area contributed by atoms with E-state index < -0.39 is 8.80 Å². The molecule has 1 atom stereocenters. The third-order valence-electron chi connectivity index (χ3n) is 2.80. The average Bonchev–Trinajstić information content (AvgIpc) is 2.41. The molecular weight excluding hydrogens is 246 g/mol. The van der Waals surface area contributed by atoms with Crippen molar-refractivity contribution in [3.63, 3.8) is 0 Å². The molecule has 0 aliphatic rings. The Kier molecular flexibility index (Phi) is 11.0. The van der Waals surface area contributed by atoms with E-state index in [9.17, 15) is 0 Å². The lowest BCUT2D eigenvalue weighted by atomic mass is 10.3. The Hall–Kier alpha value is 0.0569. The van der Waals surface area contributed by atoms with Gasteiger partial charge in [0.25, 0.3) is 0 Å². The van der Waals surface area contributed by atoms with Crippen LogP contribution in [0.25, 0.3) is 0 Å². The smallest absolute Gasteiger partial charge is 0.373 e. The molecule has 0 saturated heterocycles. The lowest BCUT2D eigenvalue weighted by Gasteiger charge is -2.35. The van der Waals surface area contributed by atoms with Crippen molar-refractivity contribution in [3.05, 3.63) is 0 Å². The molecule has 0 amide bonds. The van der Waals surface area contributed by atoms with Gasteiger partial charge in [-0.2, -0.15) is 0 Å². The van der Waals surface area contributed by atoms with E-state index in [1.165, 1.54) is 0 Å². The summed E-state index contributed by atoms with van der Waals surface area (Å²) in [6.07, 6.45) is 3.86. The molecule has 4 nitrogen and oxygen atoms in total. The molecule has 0 aromatic carbocycles. The molecule has 0 fully saturated rings. The molecule has 0 aromatic rings. The van der Waals surface area contributed by atoms with Crippen molar-refractivity contribution in [1.29, 1.82) is 0 Å². The van der Waals surface area contributed by atoms with Crippen LogP contribution in [0.5, 0.6) is 0 Å². The Bertz CT molecular complexity index is 167. The van der Waals surface area contributed by atoms with Crippen LogP contribution in [0, 0.1) is 0 Å². The Morgan fingerprint density at radius 3 is 1.44 bits per heavy atom. The first-order valence-corrected chi connectivity index (χ1v) is 9.12. The fourth-order valence-electron chi connectivity index (χ4n) is 1.77. The molecule has 0 aliphatic carbocycles. The van der Waals surface area contributed by atoms with Crippen molar-refractivity contribution >= 4 is 8.80 Å². The highest BCUT2D eigenvalue weighted by molar-refractivity contribution is 6.62. The van der Waals surface area contributed by atoms with Crippen molar-refractivity contribution in [1.82, 2.24) is 0 Å². The zero-order valence-corrected chi connectivity index (χ0v) is 13.5. The molecule has 0 heterocycles. The van der Waals surface area contributed by atoms with E-state index in [-0.39, 0.29) is 5.54 Å². The molecule has 0 radical (unpaired) electrons. The van der Waals surface area contributed by atoms with Crippen LogP contribution >= 0.6 is 0 Å². The van der Waals surface area contributed by atoms with Crippen LogP contribution in [-0.4, -0.2) is 35.2 Å². The molecule has 110 valence electrons. The third kappa shape index (κ3) is 5.80. The summed E-state index contributed by atoms with van der Waals surface area (Å²) in [5, 5.41) is 0. The summed E-state index contributed by atoms with van der Waals surface area (Å²) in [6, 6.07) is 0. The van der Waals surface area contributed by atoms with Crippen LogP contribution in [0.3, 0.4) is 0 Å². The molecule has 0 aliphatic heterocycles. The molecule has 2 N–H and O–H groups in total. The van der Waals surface area contributed by atoms with Crippen molar-refractivity contribution in [2.24, 2.45) is 5.73 Å². The molecule has 0 rings (SSSR count). The second-order valence-corrected chi connectivity index (χ2v) is 7.38. The highest BCUT2D eigenvalue weighted by Crippen LogP contribution is 2.28. The van der Waals surface area contributed by atoms with E-state index >= 15 is 0 Å². The molecule has 0 bridgehead atoms. The summed E-state index contributed by atoms with van der Waals surface area (Å²) >= 11 is 0. The Morgan fingerprint density at radius 2 is 1.22 bits per heavy atom. The van der Waals surface area contributed by atoms with Crippen molar-refractivity contribution in [3.8, 4) is 0 Å². The minimum absolute atomic E-state index is 0.210. The molecule has 5 heteroatoms. The Morgan fingerprint density at radius 1 is 0.833 bits per heavy atom. The SMILES string of the molecule is CCCO[Si](OCCC)(OCCC)C(CC)CN. The Balaban J connectivity index is 4.82. The summed E-state index contributed by atoms with van der Waals surface area (Å²) in [5.41, 5.74) is 6.09. The lowest BCUT2D eigenvalue weighted by molar-refractivity contribution is 0.0495. The topological polar surface area (TPSA) is 53.7 Å². The predicted molar refractivity (Wildman–Crippen MR) is 77.6 cm³/mol. The monoisotopic (exact) mass is 277 g/mol. The number of rotatable bonds is 12. The minimum Gasteiger partial charge on any atom is -0.373 e. The predicted octanol–water partition coefficient (Wildman–Crippen LogP) is 2.94. The quantitative estimate of drug-likeness (QED) is 0.557. The van der Waals surface area contributed by atoms with E-state index in [1.807, 2.05) is 0 Å². The summed E-state index contributed by atoms with van der Waals surface area (Å²) in [5.74, 6) is 0. The first-order valence-electron chi connectivity index (χ1n) is 7.32. The summed E-state index contributed by atoms with van der Waals surface area (Å²) in [4.78, 5) is 0. The molecule has 18 heavy (non-hydrogen) atoms. The molecule has 1 unspecified atom stereocenters. The van der Waals surface area contributed by atoms with Crippen LogP contribution in [0.2, 0.25) is 5.54 Å². The highest BCUT2D eigenvalue weighted by Gasteiger charge is 2.47. The zero-order valence-electron chi connectivity index (χ0n) is 12.5. The molecule has 0 saturated carbocycles. The van der Waals surface area contributed by atoms with Gasteiger partial charge in [0, 0.05) is 25.4 Å². The van der Waals surface area contributed by atoms with Gasteiger partial charge in [0.2, 0.25) is 0 Å². The highest BCUT2D eigenvalue weighted by atomic mass is 28.4.